The Morgan fingerprint density at radius 2 is 1.96 bits per heavy atom. The monoisotopic (exact) mass is 340 g/mol. The molecule has 0 saturated carbocycles. The first-order valence-corrected chi connectivity index (χ1v) is 7.32. The first-order chi connectivity index (χ1) is 10.5. The lowest BCUT2D eigenvalue weighted by molar-refractivity contribution is 0.0928. The molecule has 0 bridgehead atoms. The van der Waals surface area contributed by atoms with Gasteiger partial charge in [-0.3, -0.25) is 4.79 Å². The largest absolute Gasteiger partial charge is 0.347 e. The van der Waals surface area contributed by atoms with Gasteiger partial charge in [-0.05, 0) is 42.7 Å². The first kappa shape index (κ1) is 19.1. The van der Waals surface area contributed by atoms with Gasteiger partial charge in [0.25, 0.3) is 5.91 Å². The summed E-state index contributed by atoms with van der Waals surface area (Å²) in [5.41, 5.74) is 6.69. The molecule has 1 heterocycles. The van der Waals surface area contributed by atoms with E-state index in [4.69, 9.17) is 5.73 Å². The molecule has 1 atom stereocenters. The van der Waals surface area contributed by atoms with E-state index in [1.807, 2.05) is 0 Å². The molecule has 0 aliphatic rings. The highest BCUT2D eigenvalue weighted by Crippen LogP contribution is 2.10. The van der Waals surface area contributed by atoms with Gasteiger partial charge in [0.1, 0.15) is 5.82 Å². The van der Waals surface area contributed by atoms with Gasteiger partial charge in [0.15, 0.2) is 5.69 Å². The summed E-state index contributed by atoms with van der Waals surface area (Å²) in [6.07, 6.45) is 2.49. The molecule has 1 aromatic carbocycles. The minimum atomic E-state index is -0.312. The van der Waals surface area contributed by atoms with Gasteiger partial charge in [-0.25, -0.2) is 9.07 Å². The van der Waals surface area contributed by atoms with Crippen LogP contribution in [0.25, 0.3) is 5.69 Å². The molecule has 0 fully saturated rings. The van der Waals surface area contributed by atoms with E-state index >= 15 is 0 Å². The number of aromatic nitrogens is 2. The SMILES string of the molecule is CC(C)CC(CN)NC(=O)c1ccn(-c2ccc(F)cc2)n1.Cl. The van der Waals surface area contributed by atoms with E-state index in [0.29, 0.717) is 23.8 Å². The lowest BCUT2D eigenvalue weighted by atomic mass is 10.0. The van der Waals surface area contributed by atoms with Gasteiger partial charge in [0.05, 0.1) is 5.69 Å². The molecule has 0 aliphatic heterocycles. The highest BCUT2D eigenvalue weighted by atomic mass is 35.5. The van der Waals surface area contributed by atoms with Gasteiger partial charge in [-0.2, -0.15) is 5.10 Å². The van der Waals surface area contributed by atoms with Crippen LogP contribution in [0.15, 0.2) is 36.5 Å². The Hall–Kier alpha value is -1.92. The van der Waals surface area contributed by atoms with E-state index in [-0.39, 0.29) is 30.2 Å². The van der Waals surface area contributed by atoms with Crippen LogP contribution in [-0.4, -0.2) is 28.3 Å². The van der Waals surface area contributed by atoms with E-state index < -0.39 is 0 Å². The summed E-state index contributed by atoms with van der Waals surface area (Å²) in [5, 5.41) is 7.11. The Bertz CT molecular complexity index is 627. The third-order valence-electron chi connectivity index (χ3n) is 3.29. The number of carbonyl (C=O) groups is 1. The van der Waals surface area contributed by atoms with Crippen molar-refractivity contribution in [1.29, 1.82) is 0 Å². The zero-order valence-electron chi connectivity index (χ0n) is 13.2. The van der Waals surface area contributed by atoms with Crippen molar-refractivity contribution >= 4 is 18.3 Å². The van der Waals surface area contributed by atoms with Gasteiger partial charge in [-0.1, -0.05) is 13.8 Å². The Balaban J connectivity index is 0.00000264. The number of benzene rings is 1. The van der Waals surface area contributed by atoms with Crippen LogP contribution in [0.2, 0.25) is 0 Å². The number of nitrogens with two attached hydrogens (primary N) is 1. The van der Waals surface area contributed by atoms with Crippen LogP contribution >= 0.6 is 12.4 Å². The van der Waals surface area contributed by atoms with Crippen molar-refractivity contribution in [3.63, 3.8) is 0 Å². The molecule has 0 saturated heterocycles. The van der Waals surface area contributed by atoms with Crippen LogP contribution in [0, 0.1) is 11.7 Å². The van der Waals surface area contributed by atoms with E-state index in [9.17, 15) is 9.18 Å². The molecule has 23 heavy (non-hydrogen) atoms. The van der Waals surface area contributed by atoms with Crippen LogP contribution in [-0.2, 0) is 0 Å². The van der Waals surface area contributed by atoms with E-state index in [2.05, 4.69) is 24.3 Å². The topological polar surface area (TPSA) is 72.9 Å². The van der Waals surface area contributed by atoms with Gasteiger partial charge in [-0.15, -0.1) is 12.4 Å². The van der Waals surface area contributed by atoms with Crippen LogP contribution < -0.4 is 11.1 Å². The molecule has 2 aromatic rings. The highest BCUT2D eigenvalue weighted by molar-refractivity contribution is 5.92. The van der Waals surface area contributed by atoms with Crippen LogP contribution in [0.3, 0.4) is 0 Å². The number of rotatable bonds is 6. The molecule has 0 spiro atoms. The average Bonchev–Trinajstić information content (AvgIpc) is 2.96. The molecule has 1 amide bonds. The number of carbonyl (C=O) groups excluding carboxylic acids is 1. The number of halogens is 2. The van der Waals surface area contributed by atoms with Gasteiger partial charge >= 0.3 is 0 Å². The summed E-state index contributed by atoms with van der Waals surface area (Å²) < 4.78 is 14.5. The summed E-state index contributed by atoms with van der Waals surface area (Å²) in [6.45, 7) is 4.55. The molecular weight excluding hydrogens is 319 g/mol. The van der Waals surface area contributed by atoms with Crippen LogP contribution in [0.5, 0.6) is 0 Å². The quantitative estimate of drug-likeness (QED) is 0.848. The summed E-state index contributed by atoms with van der Waals surface area (Å²) in [7, 11) is 0. The van der Waals surface area contributed by atoms with Crippen molar-refractivity contribution in [2.45, 2.75) is 26.3 Å². The molecular formula is C16H22ClFN4O. The molecule has 5 nitrogen and oxygen atoms in total. The van der Waals surface area contributed by atoms with Crippen LogP contribution in [0.4, 0.5) is 4.39 Å². The van der Waals surface area contributed by atoms with Gasteiger partial charge in [0, 0.05) is 18.8 Å². The number of nitrogens with zero attached hydrogens (tertiary/aromatic N) is 2. The zero-order valence-corrected chi connectivity index (χ0v) is 14.0. The zero-order chi connectivity index (χ0) is 16.1. The summed E-state index contributed by atoms with van der Waals surface area (Å²) in [5.74, 6) is -0.115. The standard InChI is InChI=1S/C16H21FN4O.ClH/c1-11(2)9-13(10-18)19-16(22)15-7-8-21(20-15)14-5-3-12(17)4-6-14;/h3-8,11,13H,9-10,18H2,1-2H3,(H,19,22);1H. The average molecular weight is 341 g/mol. The van der Waals surface area contributed by atoms with E-state index in [0.717, 1.165) is 6.42 Å². The van der Waals surface area contributed by atoms with Crippen molar-refractivity contribution in [2.24, 2.45) is 11.7 Å². The molecule has 7 heteroatoms. The molecule has 0 aliphatic carbocycles. The fraction of sp³-hybridized carbons (Fsp3) is 0.375. The fourth-order valence-electron chi connectivity index (χ4n) is 2.23. The first-order valence-electron chi connectivity index (χ1n) is 7.32. The minimum absolute atomic E-state index is 0. The highest BCUT2D eigenvalue weighted by Gasteiger charge is 2.16. The summed E-state index contributed by atoms with van der Waals surface area (Å²) in [4.78, 5) is 12.2. The maximum absolute atomic E-state index is 12.9. The van der Waals surface area contributed by atoms with Crippen molar-refractivity contribution < 1.29 is 9.18 Å². The lowest BCUT2D eigenvalue weighted by Crippen LogP contribution is -2.41. The Labute approximate surface area is 141 Å². The second-order valence-corrected chi connectivity index (χ2v) is 5.66. The predicted octanol–water partition coefficient (Wildman–Crippen LogP) is 2.54. The molecule has 0 radical (unpaired) electrons. The number of hydrogen-bond acceptors (Lipinski definition) is 3. The molecule has 126 valence electrons. The third-order valence-corrected chi connectivity index (χ3v) is 3.29. The minimum Gasteiger partial charge on any atom is -0.347 e. The Kier molecular flexibility index (Phi) is 7.19. The molecule has 2 rings (SSSR count). The van der Waals surface area contributed by atoms with Crippen molar-refractivity contribution in [2.75, 3.05) is 6.54 Å². The Morgan fingerprint density at radius 1 is 1.30 bits per heavy atom. The summed E-state index contributed by atoms with van der Waals surface area (Å²) in [6, 6.07) is 7.47. The normalized spacial score (nSPS) is 11.9. The van der Waals surface area contributed by atoms with Crippen molar-refractivity contribution in [1.82, 2.24) is 15.1 Å². The predicted molar refractivity (Wildman–Crippen MR) is 90.5 cm³/mol. The van der Waals surface area contributed by atoms with Gasteiger partial charge < -0.3 is 11.1 Å². The molecule has 1 aromatic heterocycles. The maximum atomic E-state index is 12.9. The second-order valence-electron chi connectivity index (χ2n) is 5.66. The fourth-order valence-corrected chi connectivity index (χ4v) is 2.23. The van der Waals surface area contributed by atoms with Crippen molar-refractivity contribution in [3.05, 3.63) is 48.0 Å². The van der Waals surface area contributed by atoms with Crippen molar-refractivity contribution in [3.8, 4) is 5.69 Å². The van der Waals surface area contributed by atoms with Crippen LogP contribution in [0.1, 0.15) is 30.8 Å². The van der Waals surface area contributed by atoms with Gasteiger partial charge in [0.2, 0.25) is 0 Å². The lowest BCUT2D eigenvalue weighted by Gasteiger charge is -2.18. The molecule has 1 unspecified atom stereocenters. The molecule has 3 N–H and O–H groups in total. The third kappa shape index (κ3) is 5.33. The van der Waals surface area contributed by atoms with E-state index in [1.54, 1.807) is 24.4 Å². The Morgan fingerprint density at radius 3 is 2.52 bits per heavy atom. The number of hydrogen-bond donors (Lipinski definition) is 2. The number of nitrogens with one attached hydrogen (secondary N) is 1. The number of amides is 1. The van der Waals surface area contributed by atoms with E-state index in [1.165, 1.54) is 16.8 Å². The second kappa shape index (κ2) is 8.64. The summed E-state index contributed by atoms with van der Waals surface area (Å²) >= 11 is 0. The smallest absolute Gasteiger partial charge is 0.272 e. The maximum Gasteiger partial charge on any atom is 0.272 e.